The van der Waals surface area contributed by atoms with Crippen LogP contribution in [-0.4, -0.2) is 17.8 Å². The van der Waals surface area contributed by atoms with Crippen LogP contribution in [0.25, 0.3) is 0 Å². The summed E-state index contributed by atoms with van der Waals surface area (Å²) in [7, 11) is 1.74. The smallest absolute Gasteiger partial charge is 0.119 e. The highest BCUT2D eigenvalue weighted by Crippen LogP contribution is 2.60. The molecule has 2 heteroatoms. The van der Waals surface area contributed by atoms with E-state index in [1.807, 2.05) is 12.2 Å². The van der Waals surface area contributed by atoms with E-state index in [4.69, 9.17) is 4.74 Å². The molecule has 4 atom stereocenters. The summed E-state index contributed by atoms with van der Waals surface area (Å²) in [5, 5.41) is 11.7. The molecule has 0 heterocycles. The van der Waals surface area contributed by atoms with E-state index in [1.165, 1.54) is 17.5 Å². The summed E-state index contributed by atoms with van der Waals surface area (Å²) in [6.07, 6.45) is 10.7. The first-order chi connectivity index (χ1) is 12.9. The minimum atomic E-state index is -0.748. The van der Waals surface area contributed by atoms with Crippen LogP contribution >= 0.6 is 0 Å². The monoisotopic (exact) mass is 368 g/mol. The van der Waals surface area contributed by atoms with Gasteiger partial charge in [-0.05, 0) is 79.5 Å². The highest BCUT2D eigenvalue weighted by Gasteiger charge is 2.55. The van der Waals surface area contributed by atoms with E-state index in [0.29, 0.717) is 30.6 Å². The molecule has 1 aromatic carbocycles. The van der Waals surface area contributed by atoms with Gasteiger partial charge in [-0.3, -0.25) is 0 Å². The molecule has 1 fully saturated rings. The summed E-state index contributed by atoms with van der Waals surface area (Å²) >= 11 is 0. The van der Waals surface area contributed by atoms with Crippen LogP contribution in [-0.2, 0) is 6.42 Å². The van der Waals surface area contributed by atoms with Crippen LogP contribution in [0.5, 0.6) is 5.75 Å². The molecule has 0 saturated heterocycles. The van der Waals surface area contributed by atoms with Gasteiger partial charge in [-0.25, -0.2) is 0 Å². The van der Waals surface area contributed by atoms with Gasteiger partial charge in [-0.1, -0.05) is 38.5 Å². The summed E-state index contributed by atoms with van der Waals surface area (Å²) in [4.78, 5) is 0. The molecule has 0 unspecified atom stereocenters. The maximum Gasteiger partial charge on any atom is 0.119 e. The third kappa shape index (κ3) is 3.27. The van der Waals surface area contributed by atoms with Crippen molar-refractivity contribution in [3.8, 4) is 5.75 Å². The third-order valence-electron chi connectivity index (χ3n) is 7.79. The minimum Gasteiger partial charge on any atom is -0.497 e. The summed E-state index contributed by atoms with van der Waals surface area (Å²) in [6, 6.07) is 6.63. The standard InChI is InChI=1S/C25H36O2/c1-6-14-25(26,15-7-2)24(4)16-13-21-20-12-10-19(27-5)17-18(20)9-11-22(21)23(24)8-3/h6-7,10,12,17,21-23,26H,1-2,8-9,11,13-16H2,3-5H3/t21-,22-,23+,24+/m1/s1. The summed E-state index contributed by atoms with van der Waals surface area (Å²) < 4.78 is 5.44. The molecular formula is C25H36O2. The van der Waals surface area contributed by atoms with Gasteiger partial charge in [0.15, 0.2) is 0 Å². The fourth-order valence-electron chi connectivity index (χ4n) is 6.36. The van der Waals surface area contributed by atoms with Crippen molar-refractivity contribution in [1.82, 2.24) is 0 Å². The fraction of sp³-hybridized carbons (Fsp3) is 0.600. The molecule has 27 heavy (non-hydrogen) atoms. The lowest BCUT2D eigenvalue weighted by molar-refractivity contribution is -0.142. The molecule has 0 spiro atoms. The van der Waals surface area contributed by atoms with Crippen molar-refractivity contribution in [2.24, 2.45) is 17.3 Å². The molecule has 2 aliphatic rings. The number of methoxy groups -OCH3 is 1. The average molecular weight is 369 g/mol. The molecular weight excluding hydrogens is 332 g/mol. The van der Waals surface area contributed by atoms with Gasteiger partial charge in [-0.15, -0.1) is 13.2 Å². The quantitative estimate of drug-likeness (QED) is 0.594. The number of fused-ring (bicyclic) bond motifs is 3. The first kappa shape index (κ1) is 20.2. The van der Waals surface area contributed by atoms with E-state index in [9.17, 15) is 5.11 Å². The first-order valence-electron chi connectivity index (χ1n) is 10.5. The molecule has 0 aliphatic heterocycles. The van der Waals surface area contributed by atoms with Gasteiger partial charge in [0, 0.05) is 5.41 Å². The van der Waals surface area contributed by atoms with Gasteiger partial charge in [0.1, 0.15) is 5.75 Å². The Kier molecular flexibility index (Phi) is 5.86. The minimum absolute atomic E-state index is 0.102. The number of hydrogen-bond donors (Lipinski definition) is 1. The average Bonchev–Trinajstić information content (AvgIpc) is 2.67. The number of hydrogen-bond acceptors (Lipinski definition) is 2. The zero-order valence-corrected chi connectivity index (χ0v) is 17.3. The molecule has 0 bridgehead atoms. The number of aliphatic hydroxyl groups is 1. The molecule has 148 valence electrons. The van der Waals surface area contributed by atoms with E-state index in [2.05, 4.69) is 45.2 Å². The van der Waals surface area contributed by atoms with Gasteiger partial charge in [0.05, 0.1) is 12.7 Å². The lowest BCUT2D eigenvalue weighted by Crippen LogP contribution is -2.55. The number of ether oxygens (including phenoxy) is 1. The number of aryl methyl sites for hydroxylation is 1. The molecule has 1 aromatic rings. The molecule has 0 aromatic heterocycles. The normalized spacial score (nSPS) is 30.1. The maximum atomic E-state index is 11.7. The summed E-state index contributed by atoms with van der Waals surface area (Å²) in [5.41, 5.74) is 2.13. The van der Waals surface area contributed by atoms with E-state index in [0.717, 1.165) is 31.4 Å². The Labute approximate surface area is 165 Å². The first-order valence-corrected chi connectivity index (χ1v) is 10.5. The largest absolute Gasteiger partial charge is 0.497 e. The van der Waals surface area contributed by atoms with Crippen LogP contribution in [0.1, 0.15) is 69.4 Å². The Morgan fingerprint density at radius 2 is 1.96 bits per heavy atom. The number of benzene rings is 1. The van der Waals surface area contributed by atoms with Crippen LogP contribution in [0.3, 0.4) is 0 Å². The molecule has 3 rings (SSSR count). The molecule has 2 nitrogen and oxygen atoms in total. The Morgan fingerprint density at radius 1 is 1.26 bits per heavy atom. The molecule has 0 radical (unpaired) electrons. The van der Waals surface area contributed by atoms with Crippen LogP contribution in [0.15, 0.2) is 43.5 Å². The summed E-state index contributed by atoms with van der Waals surface area (Å²) in [6.45, 7) is 12.5. The lowest BCUT2D eigenvalue weighted by atomic mass is 9.48. The van der Waals surface area contributed by atoms with Crippen molar-refractivity contribution in [3.63, 3.8) is 0 Å². The zero-order valence-electron chi connectivity index (χ0n) is 17.3. The van der Waals surface area contributed by atoms with Crippen molar-refractivity contribution in [3.05, 3.63) is 54.6 Å². The lowest BCUT2D eigenvalue weighted by Gasteiger charge is -2.58. The van der Waals surface area contributed by atoms with Crippen LogP contribution in [0.4, 0.5) is 0 Å². The molecule has 0 amide bonds. The van der Waals surface area contributed by atoms with Crippen molar-refractivity contribution in [2.75, 3.05) is 7.11 Å². The second-order valence-electron chi connectivity index (χ2n) is 8.86. The topological polar surface area (TPSA) is 29.5 Å². The van der Waals surface area contributed by atoms with Crippen molar-refractivity contribution < 1.29 is 9.84 Å². The predicted molar refractivity (Wildman–Crippen MR) is 113 cm³/mol. The van der Waals surface area contributed by atoms with Crippen molar-refractivity contribution >= 4 is 0 Å². The van der Waals surface area contributed by atoms with E-state index in [1.54, 1.807) is 7.11 Å². The second kappa shape index (κ2) is 7.83. The molecule has 1 N–H and O–H groups in total. The van der Waals surface area contributed by atoms with Gasteiger partial charge >= 0.3 is 0 Å². The van der Waals surface area contributed by atoms with Crippen molar-refractivity contribution in [2.45, 2.75) is 70.3 Å². The highest BCUT2D eigenvalue weighted by atomic mass is 16.5. The third-order valence-corrected chi connectivity index (χ3v) is 7.79. The predicted octanol–water partition coefficient (Wildman–Crippen LogP) is 6.05. The van der Waals surface area contributed by atoms with E-state index < -0.39 is 5.60 Å². The SMILES string of the molecule is C=CCC(O)(CC=C)[C@@]1(C)CC[C@@H]2c3ccc(OC)cc3CC[C@H]2[C@@H]1CC. The van der Waals surface area contributed by atoms with Crippen molar-refractivity contribution in [1.29, 1.82) is 0 Å². The van der Waals surface area contributed by atoms with Gasteiger partial charge in [-0.2, -0.15) is 0 Å². The Hall–Kier alpha value is -1.54. The molecule has 1 saturated carbocycles. The van der Waals surface area contributed by atoms with Crippen LogP contribution < -0.4 is 4.74 Å². The van der Waals surface area contributed by atoms with Crippen LogP contribution in [0, 0.1) is 17.3 Å². The van der Waals surface area contributed by atoms with Gasteiger partial charge < -0.3 is 9.84 Å². The van der Waals surface area contributed by atoms with Gasteiger partial charge in [0.25, 0.3) is 0 Å². The zero-order chi connectivity index (χ0) is 19.7. The fourth-order valence-corrected chi connectivity index (χ4v) is 6.36. The molecule has 2 aliphatic carbocycles. The summed E-state index contributed by atoms with van der Waals surface area (Å²) in [5.74, 6) is 2.72. The number of rotatable bonds is 7. The maximum absolute atomic E-state index is 11.7. The Balaban J connectivity index is 1.97. The Morgan fingerprint density at radius 3 is 2.56 bits per heavy atom. The van der Waals surface area contributed by atoms with E-state index in [-0.39, 0.29) is 5.41 Å². The second-order valence-corrected chi connectivity index (χ2v) is 8.86. The van der Waals surface area contributed by atoms with E-state index >= 15 is 0 Å². The Bertz CT molecular complexity index is 682. The highest BCUT2D eigenvalue weighted by molar-refractivity contribution is 5.40. The van der Waals surface area contributed by atoms with Gasteiger partial charge in [0.2, 0.25) is 0 Å². The van der Waals surface area contributed by atoms with Crippen LogP contribution in [0.2, 0.25) is 0 Å².